The van der Waals surface area contributed by atoms with Gasteiger partial charge in [-0.15, -0.1) is 0 Å². The molecule has 8 nitrogen and oxygen atoms in total. The summed E-state index contributed by atoms with van der Waals surface area (Å²) in [5.74, 6) is 1.56. The second-order valence-electron chi connectivity index (χ2n) is 8.92. The van der Waals surface area contributed by atoms with Crippen LogP contribution < -0.4 is 9.47 Å². The molecule has 0 saturated carbocycles. The summed E-state index contributed by atoms with van der Waals surface area (Å²) in [4.78, 5) is 13.8. The number of carbonyl (C=O) groups excluding carboxylic acids is 1. The van der Waals surface area contributed by atoms with Crippen molar-refractivity contribution in [1.82, 2.24) is 9.21 Å². The lowest BCUT2D eigenvalue weighted by molar-refractivity contribution is 0.0762. The minimum absolute atomic E-state index is 0.142. The van der Waals surface area contributed by atoms with Crippen LogP contribution in [0.3, 0.4) is 0 Å². The molecule has 35 heavy (non-hydrogen) atoms. The molecule has 1 heterocycles. The Kier molecular flexibility index (Phi) is 9.40. The lowest BCUT2D eigenvalue weighted by atomic mass is 10.0. The third kappa shape index (κ3) is 8.14. The van der Waals surface area contributed by atoms with E-state index >= 15 is 0 Å². The number of hydrogen-bond donors (Lipinski definition) is 0. The van der Waals surface area contributed by atoms with E-state index in [0.717, 1.165) is 34.6 Å². The average Bonchev–Trinajstić information content (AvgIpc) is 2.81. The van der Waals surface area contributed by atoms with Crippen molar-refractivity contribution >= 4 is 16.1 Å². The molecule has 0 aromatic heterocycles. The Labute approximate surface area is 208 Å². The number of amides is 1. The number of ether oxygens (including phenoxy) is 3. The number of nitrogens with zero attached hydrogens (tertiary/aromatic N) is 2. The van der Waals surface area contributed by atoms with E-state index in [2.05, 4.69) is 0 Å². The molecular formula is C26H36N2O6S. The summed E-state index contributed by atoms with van der Waals surface area (Å²) < 4.78 is 42.0. The molecule has 0 bridgehead atoms. The summed E-state index contributed by atoms with van der Waals surface area (Å²) in [5.41, 5.74) is 3.17. The van der Waals surface area contributed by atoms with Crippen LogP contribution in [0.5, 0.6) is 11.5 Å². The van der Waals surface area contributed by atoms with Crippen molar-refractivity contribution in [1.29, 1.82) is 0 Å². The predicted molar refractivity (Wildman–Crippen MR) is 135 cm³/mol. The Balaban J connectivity index is 1.39. The van der Waals surface area contributed by atoms with Gasteiger partial charge >= 0.3 is 6.09 Å². The van der Waals surface area contributed by atoms with Crippen molar-refractivity contribution < 1.29 is 27.4 Å². The van der Waals surface area contributed by atoms with E-state index in [4.69, 9.17) is 14.2 Å². The molecule has 3 rings (SSSR count). The zero-order valence-corrected chi connectivity index (χ0v) is 21.8. The van der Waals surface area contributed by atoms with Crippen LogP contribution >= 0.6 is 0 Å². The zero-order valence-electron chi connectivity index (χ0n) is 21.0. The van der Waals surface area contributed by atoms with Crippen LogP contribution in [0.15, 0.2) is 42.5 Å². The molecule has 0 fully saturated rings. The molecule has 2 aromatic carbocycles. The Morgan fingerprint density at radius 3 is 2.31 bits per heavy atom. The number of benzene rings is 2. The fraction of sp³-hybridized carbons (Fsp3) is 0.500. The highest BCUT2D eigenvalue weighted by Crippen LogP contribution is 2.25. The van der Waals surface area contributed by atoms with E-state index < -0.39 is 10.0 Å². The van der Waals surface area contributed by atoms with Gasteiger partial charge in [0.25, 0.3) is 0 Å². The first-order valence-electron chi connectivity index (χ1n) is 12.0. The lowest BCUT2D eigenvalue weighted by Gasteiger charge is -2.27. The van der Waals surface area contributed by atoms with E-state index in [9.17, 15) is 13.2 Å². The van der Waals surface area contributed by atoms with Crippen LogP contribution in [-0.2, 0) is 34.3 Å². The monoisotopic (exact) mass is 504 g/mol. The van der Waals surface area contributed by atoms with Gasteiger partial charge in [-0.3, -0.25) is 0 Å². The number of hydrogen-bond acceptors (Lipinski definition) is 6. The fourth-order valence-corrected chi connectivity index (χ4v) is 4.60. The van der Waals surface area contributed by atoms with Crippen LogP contribution in [0.1, 0.15) is 43.9 Å². The maximum absolute atomic E-state index is 12.1. The summed E-state index contributed by atoms with van der Waals surface area (Å²) in [7, 11) is -3.17. The number of fused-ring (bicyclic) bond motifs is 1. The summed E-state index contributed by atoms with van der Waals surface area (Å²) >= 11 is 0. The van der Waals surface area contributed by atoms with Crippen LogP contribution in [0.25, 0.3) is 0 Å². The molecule has 1 aliphatic heterocycles. The van der Waals surface area contributed by atoms with Crippen molar-refractivity contribution in [3.05, 3.63) is 59.2 Å². The topological polar surface area (TPSA) is 85.4 Å². The number of carbonyl (C=O) groups is 1. The third-order valence-electron chi connectivity index (χ3n) is 5.72. The van der Waals surface area contributed by atoms with Crippen molar-refractivity contribution in [2.24, 2.45) is 0 Å². The zero-order chi connectivity index (χ0) is 25.4. The molecule has 192 valence electrons. The summed E-state index contributed by atoms with van der Waals surface area (Å²) in [5, 5.41) is 0. The van der Waals surface area contributed by atoms with Gasteiger partial charge in [-0.1, -0.05) is 18.2 Å². The van der Waals surface area contributed by atoms with Gasteiger partial charge < -0.3 is 19.1 Å². The highest BCUT2D eigenvalue weighted by molar-refractivity contribution is 7.88. The first-order chi connectivity index (χ1) is 16.7. The molecule has 1 aliphatic rings. The van der Waals surface area contributed by atoms with Gasteiger partial charge in [0.15, 0.2) is 0 Å². The second kappa shape index (κ2) is 12.3. The van der Waals surface area contributed by atoms with Gasteiger partial charge in [-0.05, 0) is 68.1 Å². The highest BCUT2D eigenvalue weighted by Gasteiger charge is 2.23. The van der Waals surface area contributed by atoms with Crippen molar-refractivity contribution in [2.45, 2.75) is 52.8 Å². The van der Waals surface area contributed by atoms with E-state index in [0.29, 0.717) is 45.8 Å². The van der Waals surface area contributed by atoms with Gasteiger partial charge in [-0.25, -0.2) is 13.2 Å². The van der Waals surface area contributed by atoms with Crippen LogP contribution in [0.2, 0.25) is 0 Å². The van der Waals surface area contributed by atoms with Crippen LogP contribution in [-0.4, -0.2) is 62.4 Å². The normalized spacial score (nSPS) is 13.9. The van der Waals surface area contributed by atoms with E-state index in [-0.39, 0.29) is 12.2 Å². The third-order valence-corrected chi connectivity index (χ3v) is 6.97. The molecule has 2 aromatic rings. The first kappa shape index (κ1) is 26.8. The highest BCUT2D eigenvalue weighted by atomic mass is 32.2. The summed E-state index contributed by atoms with van der Waals surface area (Å²) in [6.07, 6.45) is 2.21. The smallest absolute Gasteiger partial charge is 0.410 e. The SMILES string of the molecule is CCN(Cc1ccc(OCCCOc2ccc3c(c2)CCN(S(C)(=O)=O)C3)cc1)C(=O)OC(C)C. The number of sulfonamides is 1. The van der Waals surface area contributed by atoms with Crippen LogP contribution in [0, 0.1) is 0 Å². The molecule has 0 atom stereocenters. The molecule has 0 N–H and O–H groups in total. The summed E-state index contributed by atoms with van der Waals surface area (Å²) in [6, 6.07) is 13.6. The van der Waals surface area contributed by atoms with Gasteiger partial charge in [0.2, 0.25) is 10.0 Å². The molecule has 0 saturated heterocycles. The van der Waals surface area contributed by atoms with Crippen molar-refractivity contribution in [3.63, 3.8) is 0 Å². The van der Waals surface area contributed by atoms with Gasteiger partial charge in [0.1, 0.15) is 11.5 Å². The maximum Gasteiger partial charge on any atom is 0.410 e. The Morgan fingerprint density at radius 2 is 1.69 bits per heavy atom. The standard InChI is InChI=1S/C26H36N2O6S/c1-5-27(26(29)34-20(2)3)18-21-7-10-24(11-8-21)32-15-6-16-33-25-12-9-23-19-28(35(4,30)31)14-13-22(23)17-25/h7-12,17,20H,5-6,13-16,18-19H2,1-4H3. The minimum Gasteiger partial charge on any atom is -0.493 e. The lowest BCUT2D eigenvalue weighted by Crippen LogP contribution is -2.35. The fourth-order valence-electron chi connectivity index (χ4n) is 3.81. The molecule has 9 heteroatoms. The second-order valence-corrected chi connectivity index (χ2v) is 10.9. The molecule has 0 aliphatic carbocycles. The van der Waals surface area contributed by atoms with Crippen molar-refractivity contribution in [3.8, 4) is 11.5 Å². The Morgan fingerprint density at radius 1 is 1.03 bits per heavy atom. The van der Waals surface area contributed by atoms with Gasteiger partial charge in [0.05, 0.1) is 25.6 Å². The molecule has 0 radical (unpaired) electrons. The Bertz CT molecular complexity index is 1090. The maximum atomic E-state index is 12.1. The Hall–Kier alpha value is -2.78. The predicted octanol–water partition coefficient (Wildman–Crippen LogP) is 4.22. The van der Waals surface area contributed by atoms with Gasteiger partial charge in [-0.2, -0.15) is 4.31 Å². The molecule has 0 unspecified atom stereocenters. The van der Waals surface area contributed by atoms with Crippen LogP contribution in [0.4, 0.5) is 4.79 Å². The van der Waals surface area contributed by atoms with E-state index in [1.807, 2.05) is 63.2 Å². The summed E-state index contributed by atoms with van der Waals surface area (Å²) in [6.45, 7) is 8.64. The molecular weight excluding hydrogens is 468 g/mol. The van der Waals surface area contributed by atoms with E-state index in [1.165, 1.54) is 10.6 Å². The molecule has 1 amide bonds. The largest absolute Gasteiger partial charge is 0.493 e. The van der Waals surface area contributed by atoms with E-state index in [1.54, 1.807) is 4.90 Å². The average molecular weight is 505 g/mol. The first-order valence-corrected chi connectivity index (χ1v) is 13.9. The minimum atomic E-state index is -3.17. The molecule has 0 spiro atoms. The van der Waals surface area contributed by atoms with Gasteiger partial charge in [0, 0.05) is 32.6 Å². The quantitative estimate of drug-likeness (QED) is 0.426. The number of rotatable bonds is 11. The van der Waals surface area contributed by atoms with Crippen molar-refractivity contribution in [2.75, 3.05) is 32.6 Å².